The van der Waals surface area contributed by atoms with Crippen LogP contribution in [0.25, 0.3) is 0 Å². The lowest BCUT2D eigenvalue weighted by Crippen LogP contribution is -1.99. The van der Waals surface area contributed by atoms with Crippen LogP contribution in [-0.2, 0) is 5.75 Å². The third-order valence-electron chi connectivity index (χ3n) is 2.91. The summed E-state index contributed by atoms with van der Waals surface area (Å²) in [4.78, 5) is 0. The molecule has 1 aromatic heterocycles. The van der Waals surface area contributed by atoms with Crippen molar-refractivity contribution in [1.82, 2.24) is 10.2 Å². The molecule has 1 N–H and O–H groups in total. The van der Waals surface area contributed by atoms with E-state index in [2.05, 4.69) is 15.5 Å². The van der Waals surface area contributed by atoms with Crippen LogP contribution in [0.2, 0.25) is 0 Å². The van der Waals surface area contributed by atoms with Gasteiger partial charge < -0.3 is 10.1 Å². The fourth-order valence-electron chi connectivity index (χ4n) is 1.73. The maximum absolute atomic E-state index is 13.3. The van der Waals surface area contributed by atoms with Crippen LogP contribution in [0.4, 0.5) is 9.52 Å². The van der Waals surface area contributed by atoms with Crippen molar-refractivity contribution < 1.29 is 9.13 Å². The van der Waals surface area contributed by atoms with Crippen LogP contribution in [0, 0.1) is 5.82 Å². The van der Waals surface area contributed by atoms with E-state index < -0.39 is 0 Å². The van der Waals surface area contributed by atoms with Crippen molar-refractivity contribution in [3.05, 3.63) is 29.6 Å². The summed E-state index contributed by atoms with van der Waals surface area (Å²) in [5.41, 5.74) is 0.824. The number of hydrogen-bond donors (Lipinski definition) is 1. The zero-order valence-electron chi connectivity index (χ0n) is 10.9. The van der Waals surface area contributed by atoms with Crippen LogP contribution in [0.5, 0.6) is 5.75 Å². The molecule has 1 fully saturated rings. The van der Waals surface area contributed by atoms with Gasteiger partial charge in [0.25, 0.3) is 0 Å². The molecule has 0 unspecified atom stereocenters. The molecule has 1 heterocycles. The number of aromatic nitrogens is 2. The average Bonchev–Trinajstić information content (AvgIpc) is 3.14. The lowest BCUT2D eigenvalue weighted by molar-refractivity contribution is 0.410. The Morgan fingerprint density at radius 2 is 2.30 bits per heavy atom. The molecule has 0 spiro atoms. The Morgan fingerprint density at radius 1 is 1.45 bits per heavy atom. The molecule has 20 heavy (non-hydrogen) atoms. The van der Waals surface area contributed by atoms with Gasteiger partial charge in [-0.3, -0.25) is 0 Å². The third kappa shape index (κ3) is 3.40. The van der Waals surface area contributed by atoms with E-state index in [1.807, 2.05) is 0 Å². The maximum atomic E-state index is 13.3. The molecule has 3 rings (SSSR count). The first-order valence-electron chi connectivity index (χ1n) is 6.30. The van der Waals surface area contributed by atoms with Crippen LogP contribution >= 0.6 is 23.1 Å². The minimum absolute atomic E-state index is 0.255. The number of benzene rings is 1. The lowest BCUT2D eigenvalue weighted by atomic mass is 10.2. The second-order valence-electron chi connectivity index (χ2n) is 4.54. The molecular formula is C13H14FN3OS2. The van der Waals surface area contributed by atoms with Gasteiger partial charge >= 0.3 is 0 Å². The summed E-state index contributed by atoms with van der Waals surface area (Å²) in [6.45, 7) is 0. The third-order valence-corrected chi connectivity index (χ3v) is 4.94. The normalized spacial score (nSPS) is 14.3. The van der Waals surface area contributed by atoms with Gasteiger partial charge in [0.05, 0.1) is 7.11 Å². The van der Waals surface area contributed by atoms with E-state index in [0.29, 0.717) is 17.5 Å². The van der Waals surface area contributed by atoms with Gasteiger partial charge in [0.15, 0.2) is 4.34 Å². The molecule has 0 atom stereocenters. The summed E-state index contributed by atoms with van der Waals surface area (Å²) in [6, 6.07) is 5.11. The highest BCUT2D eigenvalue weighted by Gasteiger charge is 2.22. The number of thioether (sulfide) groups is 1. The van der Waals surface area contributed by atoms with Gasteiger partial charge in [-0.2, -0.15) is 0 Å². The largest absolute Gasteiger partial charge is 0.496 e. The molecule has 1 aliphatic rings. The van der Waals surface area contributed by atoms with Crippen molar-refractivity contribution in [3.63, 3.8) is 0 Å². The SMILES string of the molecule is COc1ccc(F)cc1CSc1nnc(NC2CC2)s1. The predicted octanol–water partition coefficient (Wildman–Crippen LogP) is 3.55. The van der Waals surface area contributed by atoms with Crippen molar-refractivity contribution in [3.8, 4) is 5.75 Å². The Hall–Kier alpha value is -1.34. The topological polar surface area (TPSA) is 47.0 Å². The molecule has 0 aliphatic heterocycles. The van der Waals surface area contributed by atoms with Crippen molar-refractivity contribution in [2.75, 3.05) is 12.4 Å². The number of methoxy groups -OCH3 is 1. The van der Waals surface area contributed by atoms with Crippen LogP contribution in [0.15, 0.2) is 22.5 Å². The highest BCUT2D eigenvalue weighted by atomic mass is 32.2. The number of ether oxygens (including phenoxy) is 1. The molecule has 2 aromatic rings. The first-order valence-corrected chi connectivity index (χ1v) is 8.10. The monoisotopic (exact) mass is 311 g/mol. The second-order valence-corrected chi connectivity index (χ2v) is 6.74. The Balaban J connectivity index is 1.63. The maximum Gasteiger partial charge on any atom is 0.206 e. The highest BCUT2D eigenvalue weighted by Crippen LogP contribution is 2.33. The molecule has 0 saturated heterocycles. The van der Waals surface area contributed by atoms with Gasteiger partial charge in [0.2, 0.25) is 5.13 Å². The standard InChI is InChI=1S/C13H14FN3OS2/c1-18-11-5-2-9(14)6-8(11)7-19-13-17-16-12(20-13)15-10-3-4-10/h2,5-6,10H,3-4,7H2,1H3,(H,15,16). The van der Waals surface area contributed by atoms with Crippen molar-refractivity contribution in [1.29, 1.82) is 0 Å². The summed E-state index contributed by atoms with van der Waals surface area (Å²) in [6.07, 6.45) is 2.42. The van der Waals surface area contributed by atoms with Crippen LogP contribution in [-0.4, -0.2) is 23.3 Å². The smallest absolute Gasteiger partial charge is 0.206 e. The van der Waals surface area contributed by atoms with E-state index in [1.54, 1.807) is 13.2 Å². The summed E-state index contributed by atoms with van der Waals surface area (Å²) < 4.78 is 19.4. The van der Waals surface area contributed by atoms with E-state index in [-0.39, 0.29) is 5.82 Å². The summed E-state index contributed by atoms with van der Waals surface area (Å²) >= 11 is 3.07. The second kappa shape index (κ2) is 5.97. The van der Waals surface area contributed by atoms with Gasteiger partial charge in [-0.25, -0.2) is 4.39 Å². The quantitative estimate of drug-likeness (QED) is 0.827. The van der Waals surface area contributed by atoms with Crippen molar-refractivity contribution in [2.45, 2.75) is 29.0 Å². The minimum Gasteiger partial charge on any atom is -0.496 e. The molecule has 7 heteroatoms. The number of anilines is 1. The molecule has 106 valence electrons. The number of halogens is 1. The number of hydrogen-bond acceptors (Lipinski definition) is 6. The summed E-state index contributed by atoms with van der Waals surface area (Å²) in [5.74, 6) is 1.05. The molecule has 0 bridgehead atoms. The zero-order valence-corrected chi connectivity index (χ0v) is 12.6. The van der Waals surface area contributed by atoms with E-state index in [9.17, 15) is 4.39 Å². The molecule has 1 aliphatic carbocycles. The van der Waals surface area contributed by atoms with Crippen LogP contribution < -0.4 is 10.1 Å². The van der Waals surface area contributed by atoms with Crippen LogP contribution in [0.1, 0.15) is 18.4 Å². The van der Waals surface area contributed by atoms with Gasteiger partial charge in [-0.15, -0.1) is 10.2 Å². The van der Waals surface area contributed by atoms with E-state index in [1.165, 1.54) is 48.1 Å². The predicted molar refractivity (Wildman–Crippen MR) is 79.1 cm³/mol. The Labute approximate surface area is 124 Å². The van der Waals surface area contributed by atoms with E-state index in [0.717, 1.165) is 15.0 Å². The molecule has 1 saturated carbocycles. The number of nitrogens with zero attached hydrogens (tertiary/aromatic N) is 2. The lowest BCUT2D eigenvalue weighted by Gasteiger charge is -2.06. The fraction of sp³-hybridized carbons (Fsp3) is 0.385. The molecule has 4 nitrogen and oxygen atoms in total. The first kappa shape index (κ1) is 13.6. The Bertz CT molecular complexity index is 601. The number of nitrogens with one attached hydrogen (secondary N) is 1. The molecular weight excluding hydrogens is 297 g/mol. The molecule has 0 amide bonds. The Morgan fingerprint density at radius 3 is 3.05 bits per heavy atom. The summed E-state index contributed by atoms with van der Waals surface area (Å²) in [5, 5.41) is 12.4. The molecule has 1 aromatic carbocycles. The summed E-state index contributed by atoms with van der Waals surface area (Å²) in [7, 11) is 1.59. The first-order chi connectivity index (χ1) is 9.74. The van der Waals surface area contributed by atoms with Gasteiger partial charge in [0, 0.05) is 17.4 Å². The van der Waals surface area contributed by atoms with Gasteiger partial charge in [0.1, 0.15) is 11.6 Å². The Kier molecular flexibility index (Phi) is 4.07. The van der Waals surface area contributed by atoms with Crippen LogP contribution in [0.3, 0.4) is 0 Å². The fourth-order valence-corrected chi connectivity index (χ4v) is 3.53. The van der Waals surface area contributed by atoms with Crippen molar-refractivity contribution >= 4 is 28.2 Å². The zero-order chi connectivity index (χ0) is 13.9. The highest BCUT2D eigenvalue weighted by molar-refractivity contribution is 8.00. The molecule has 0 radical (unpaired) electrons. The van der Waals surface area contributed by atoms with Gasteiger partial charge in [-0.05, 0) is 31.0 Å². The average molecular weight is 311 g/mol. The number of rotatable bonds is 6. The van der Waals surface area contributed by atoms with Crippen molar-refractivity contribution in [2.24, 2.45) is 0 Å². The van der Waals surface area contributed by atoms with E-state index >= 15 is 0 Å². The minimum atomic E-state index is -0.255. The van der Waals surface area contributed by atoms with Gasteiger partial charge in [-0.1, -0.05) is 23.1 Å². The van der Waals surface area contributed by atoms with E-state index in [4.69, 9.17) is 4.74 Å².